The fourth-order valence-corrected chi connectivity index (χ4v) is 7.57. The molecule has 2 unspecified atom stereocenters. The number of carbonyl (C=O) groups is 1. The van der Waals surface area contributed by atoms with E-state index in [0.29, 0.717) is 29.6 Å². The number of hydrogen-bond acceptors (Lipinski definition) is 6. The number of nitrogens with zero attached hydrogens (tertiary/aromatic N) is 3. The minimum Gasteiger partial charge on any atom is -0.381 e. The predicted octanol–water partition coefficient (Wildman–Crippen LogP) is 4.25. The number of benzene rings is 1. The van der Waals surface area contributed by atoms with Crippen LogP contribution >= 0.6 is 0 Å². The highest BCUT2D eigenvalue weighted by Gasteiger charge is 2.57. The highest BCUT2D eigenvalue weighted by molar-refractivity contribution is 5.96. The third-order valence-corrected chi connectivity index (χ3v) is 9.68. The van der Waals surface area contributed by atoms with E-state index in [-0.39, 0.29) is 28.3 Å². The number of amides is 1. The lowest BCUT2D eigenvalue weighted by atomic mass is 9.50. The Kier molecular flexibility index (Phi) is 6.11. The molecule has 2 aromatic rings. The van der Waals surface area contributed by atoms with Crippen molar-refractivity contribution in [2.24, 2.45) is 23.7 Å². The van der Waals surface area contributed by atoms with Gasteiger partial charge in [0.15, 0.2) is 11.6 Å². The molecule has 38 heavy (non-hydrogen) atoms. The van der Waals surface area contributed by atoms with E-state index in [1.165, 1.54) is 38.5 Å². The summed E-state index contributed by atoms with van der Waals surface area (Å²) in [6.07, 6.45) is 7.51. The lowest BCUT2D eigenvalue weighted by Crippen LogP contribution is -2.68. The molecule has 7 nitrogen and oxygen atoms in total. The molecule has 4 saturated carbocycles. The number of nitrogens with one attached hydrogen (secondary N) is 2. The molecule has 3 atom stereocenters. The van der Waals surface area contributed by atoms with Crippen LogP contribution in [0, 0.1) is 35.3 Å². The summed E-state index contributed by atoms with van der Waals surface area (Å²) in [7, 11) is 0. The second kappa shape index (κ2) is 9.52. The molecule has 4 aliphatic carbocycles. The van der Waals surface area contributed by atoms with Gasteiger partial charge in [0.25, 0.3) is 5.91 Å². The molecule has 2 aliphatic heterocycles. The van der Waals surface area contributed by atoms with Gasteiger partial charge in [-0.3, -0.25) is 4.79 Å². The molecule has 0 radical (unpaired) electrons. The molecule has 0 spiro atoms. The Balaban J connectivity index is 0.965. The standard InChI is InChI=1S/C29H35F2N5O2/c30-24-10-19(28(37)33-29-11-18(12-29)13-29)9-23(27(24)31)25-1-2-26(35-34-25)32-22-7-20-15-36(16-21(20)8-22)14-17-3-5-38-6-4-17/h1-2,9-10,17-18,20-22H,3-8,11-16H2,(H,32,35)(H,33,37)/t18?,20-,21?,22?,29?/m1/s1. The van der Waals surface area contributed by atoms with Crippen molar-refractivity contribution in [2.45, 2.75) is 56.5 Å². The predicted molar refractivity (Wildman–Crippen MR) is 139 cm³/mol. The van der Waals surface area contributed by atoms with Gasteiger partial charge in [-0.15, -0.1) is 10.2 Å². The van der Waals surface area contributed by atoms with Crippen LogP contribution in [0.2, 0.25) is 0 Å². The van der Waals surface area contributed by atoms with E-state index in [0.717, 1.165) is 57.3 Å². The smallest absolute Gasteiger partial charge is 0.251 e. The Morgan fingerprint density at radius 1 is 1.05 bits per heavy atom. The van der Waals surface area contributed by atoms with E-state index in [1.807, 2.05) is 0 Å². The maximum Gasteiger partial charge on any atom is 0.251 e. The van der Waals surface area contributed by atoms with Crippen molar-refractivity contribution in [3.8, 4) is 11.3 Å². The van der Waals surface area contributed by atoms with Gasteiger partial charge in [-0.05, 0) is 92.9 Å². The average Bonchev–Trinajstić information content (AvgIpc) is 3.41. The zero-order valence-corrected chi connectivity index (χ0v) is 21.6. The van der Waals surface area contributed by atoms with Crippen LogP contribution in [-0.2, 0) is 4.74 Å². The van der Waals surface area contributed by atoms with Crippen molar-refractivity contribution in [1.29, 1.82) is 0 Å². The number of fused-ring (bicyclic) bond motifs is 1. The van der Waals surface area contributed by atoms with Crippen molar-refractivity contribution >= 4 is 11.7 Å². The minimum absolute atomic E-state index is 0.0492. The maximum absolute atomic E-state index is 14.7. The average molecular weight is 524 g/mol. The number of halogens is 2. The van der Waals surface area contributed by atoms with Gasteiger partial charge in [-0.2, -0.15) is 0 Å². The second-order valence-corrected chi connectivity index (χ2v) is 12.4. The zero-order valence-electron chi connectivity index (χ0n) is 21.6. The first-order valence-electron chi connectivity index (χ1n) is 14.2. The molecule has 6 fully saturated rings. The molecule has 2 saturated heterocycles. The van der Waals surface area contributed by atoms with Gasteiger partial charge in [0.05, 0.1) is 5.69 Å². The van der Waals surface area contributed by atoms with Crippen LogP contribution in [0.4, 0.5) is 14.6 Å². The lowest BCUT2D eigenvalue weighted by Gasteiger charge is -2.61. The number of aromatic nitrogens is 2. The van der Waals surface area contributed by atoms with Gasteiger partial charge in [-0.25, -0.2) is 8.78 Å². The number of rotatable bonds is 7. The summed E-state index contributed by atoms with van der Waals surface area (Å²) in [4.78, 5) is 15.4. The van der Waals surface area contributed by atoms with Gasteiger partial charge in [0.1, 0.15) is 5.82 Å². The summed E-state index contributed by atoms with van der Waals surface area (Å²) in [6, 6.07) is 6.08. The Bertz CT molecular complexity index is 1190. The van der Waals surface area contributed by atoms with Crippen molar-refractivity contribution < 1.29 is 18.3 Å². The summed E-state index contributed by atoms with van der Waals surface area (Å²) >= 11 is 0. The number of ether oxygens (including phenoxy) is 1. The van der Waals surface area contributed by atoms with Crippen molar-refractivity contribution in [2.75, 3.05) is 38.2 Å². The molecule has 202 valence electrons. The molecule has 1 amide bonds. The van der Waals surface area contributed by atoms with Gasteiger partial charge < -0.3 is 20.3 Å². The Morgan fingerprint density at radius 3 is 2.42 bits per heavy atom. The van der Waals surface area contributed by atoms with Crippen LogP contribution < -0.4 is 10.6 Å². The third-order valence-electron chi connectivity index (χ3n) is 9.68. The summed E-state index contributed by atoms with van der Waals surface area (Å²) < 4.78 is 34.6. The first-order chi connectivity index (χ1) is 18.4. The van der Waals surface area contributed by atoms with E-state index >= 15 is 0 Å². The van der Waals surface area contributed by atoms with E-state index in [4.69, 9.17) is 4.74 Å². The fourth-order valence-electron chi connectivity index (χ4n) is 7.57. The molecular weight excluding hydrogens is 488 g/mol. The van der Waals surface area contributed by atoms with Gasteiger partial charge in [0.2, 0.25) is 0 Å². The molecule has 1 aromatic carbocycles. The van der Waals surface area contributed by atoms with Crippen LogP contribution in [0.15, 0.2) is 24.3 Å². The second-order valence-electron chi connectivity index (χ2n) is 12.4. The van der Waals surface area contributed by atoms with Gasteiger partial charge in [0, 0.05) is 55.6 Å². The van der Waals surface area contributed by atoms with Crippen LogP contribution in [0.5, 0.6) is 0 Å². The molecule has 8 rings (SSSR count). The molecular formula is C29H35F2N5O2. The van der Waals surface area contributed by atoms with E-state index in [2.05, 4.69) is 25.7 Å². The SMILES string of the molecule is O=C(NC12CC(C1)C2)c1cc(F)c(F)c(-c2ccc(NC3CC4CN(CC5CCOCC5)C[C@H]4C3)nn2)c1. The number of anilines is 1. The van der Waals surface area contributed by atoms with Crippen LogP contribution in [-0.4, -0.2) is 65.4 Å². The Labute approximate surface area is 221 Å². The van der Waals surface area contributed by atoms with E-state index < -0.39 is 11.6 Å². The molecule has 2 N–H and O–H groups in total. The van der Waals surface area contributed by atoms with Gasteiger partial charge in [-0.1, -0.05) is 0 Å². The van der Waals surface area contributed by atoms with E-state index in [1.54, 1.807) is 12.1 Å². The van der Waals surface area contributed by atoms with Crippen LogP contribution in [0.3, 0.4) is 0 Å². The Morgan fingerprint density at radius 2 is 1.79 bits per heavy atom. The molecule has 2 bridgehead atoms. The van der Waals surface area contributed by atoms with Crippen LogP contribution in [0.25, 0.3) is 11.3 Å². The van der Waals surface area contributed by atoms with Crippen molar-refractivity contribution in [3.05, 3.63) is 41.5 Å². The summed E-state index contributed by atoms with van der Waals surface area (Å²) in [6.45, 7) is 5.34. The van der Waals surface area contributed by atoms with E-state index in [9.17, 15) is 13.6 Å². The third kappa shape index (κ3) is 4.57. The van der Waals surface area contributed by atoms with Gasteiger partial charge >= 0.3 is 0 Å². The minimum atomic E-state index is -1.06. The van der Waals surface area contributed by atoms with Crippen LogP contribution in [0.1, 0.15) is 55.3 Å². The summed E-state index contributed by atoms with van der Waals surface area (Å²) in [5.74, 6) is 1.08. The summed E-state index contributed by atoms with van der Waals surface area (Å²) in [5, 5.41) is 15.0. The molecule has 3 heterocycles. The lowest BCUT2D eigenvalue weighted by molar-refractivity contribution is -0.0438. The zero-order chi connectivity index (χ0) is 25.9. The largest absolute Gasteiger partial charge is 0.381 e. The first-order valence-corrected chi connectivity index (χ1v) is 14.2. The molecule has 9 heteroatoms. The number of hydrogen-bond donors (Lipinski definition) is 2. The first kappa shape index (κ1) is 24.4. The highest BCUT2D eigenvalue weighted by Crippen LogP contribution is 2.57. The molecule has 6 aliphatic rings. The quantitative estimate of drug-likeness (QED) is 0.565. The fraction of sp³-hybridized carbons (Fsp3) is 0.621. The number of likely N-dealkylation sites (tertiary alicyclic amines) is 1. The Hall–Kier alpha value is -2.65. The number of carbonyl (C=O) groups excluding carboxylic acids is 1. The monoisotopic (exact) mass is 523 g/mol. The summed E-state index contributed by atoms with van der Waals surface area (Å²) in [5.41, 5.74) is 0.129. The molecule has 1 aromatic heterocycles. The highest BCUT2D eigenvalue weighted by atomic mass is 19.2. The van der Waals surface area contributed by atoms with Crippen molar-refractivity contribution in [3.63, 3.8) is 0 Å². The normalized spacial score (nSPS) is 32.4. The maximum atomic E-state index is 14.7. The van der Waals surface area contributed by atoms with Crippen molar-refractivity contribution in [1.82, 2.24) is 20.4 Å². The topological polar surface area (TPSA) is 79.4 Å².